The van der Waals surface area contributed by atoms with Crippen LogP contribution in [0.25, 0.3) is 11.3 Å². The van der Waals surface area contributed by atoms with Gasteiger partial charge >= 0.3 is 0 Å². The van der Waals surface area contributed by atoms with Crippen molar-refractivity contribution in [3.05, 3.63) is 41.1 Å². The largest absolute Gasteiger partial charge is 0.439 e. The van der Waals surface area contributed by atoms with Crippen molar-refractivity contribution in [2.45, 2.75) is 13.0 Å². The normalized spacial score (nSPS) is 12.7. The van der Waals surface area contributed by atoms with E-state index in [1.54, 1.807) is 19.2 Å². The molecule has 0 aliphatic rings. The minimum atomic E-state index is -0.419. The van der Waals surface area contributed by atoms with Gasteiger partial charge in [0.1, 0.15) is 5.82 Å². The first-order valence-electron chi connectivity index (χ1n) is 5.21. The van der Waals surface area contributed by atoms with Gasteiger partial charge in [-0.2, -0.15) is 0 Å². The number of oxazole rings is 1. The Morgan fingerprint density at radius 3 is 2.88 bits per heavy atom. The van der Waals surface area contributed by atoms with Crippen LogP contribution >= 0.6 is 11.6 Å². The summed E-state index contributed by atoms with van der Waals surface area (Å²) in [4.78, 5) is 4.09. The Hall–Kier alpha value is -1.39. The maximum atomic E-state index is 13.6. The first kappa shape index (κ1) is 12.1. The Kier molecular flexibility index (Phi) is 3.45. The van der Waals surface area contributed by atoms with Gasteiger partial charge in [0.25, 0.3) is 0 Å². The molecule has 1 atom stereocenters. The van der Waals surface area contributed by atoms with E-state index in [2.05, 4.69) is 10.3 Å². The maximum Gasteiger partial charge on any atom is 0.211 e. The standard InChI is InChI=1S/C12H12ClFN2O/c1-7(15-2)12-16-6-10(17-12)11-8(13)4-3-5-9(11)14/h3-7,15H,1-2H3. The van der Waals surface area contributed by atoms with Gasteiger partial charge in [0, 0.05) is 0 Å². The van der Waals surface area contributed by atoms with Crippen LogP contribution in [0.3, 0.4) is 0 Å². The summed E-state index contributed by atoms with van der Waals surface area (Å²) in [6.07, 6.45) is 1.48. The highest BCUT2D eigenvalue weighted by molar-refractivity contribution is 6.33. The van der Waals surface area contributed by atoms with Gasteiger partial charge in [0.2, 0.25) is 5.89 Å². The molecule has 1 aromatic heterocycles. The second-order valence-corrected chi connectivity index (χ2v) is 4.08. The van der Waals surface area contributed by atoms with Crippen molar-refractivity contribution in [2.24, 2.45) is 0 Å². The third kappa shape index (κ3) is 2.33. The molecular weight excluding hydrogens is 243 g/mol. The molecule has 0 bridgehead atoms. The molecule has 1 heterocycles. The van der Waals surface area contributed by atoms with E-state index in [1.807, 2.05) is 6.92 Å². The highest BCUT2D eigenvalue weighted by Crippen LogP contribution is 2.31. The molecule has 17 heavy (non-hydrogen) atoms. The van der Waals surface area contributed by atoms with E-state index < -0.39 is 5.82 Å². The van der Waals surface area contributed by atoms with Crippen molar-refractivity contribution in [3.63, 3.8) is 0 Å². The van der Waals surface area contributed by atoms with Crippen LogP contribution in [0.4, 0.5) is 4.39 Å². The van der Waals surface area contributed by atoms with E-state index in [4.69, 9.17) is 16.0 Å². The first-order valence-corrected chi connectivity index (χ1v) is 5.58. The molecular formula is C12H12ClFN2O. The zero-order valence-electron chi connectivity index (χ0n) is 9.50. The average molecular weight is 255 g/mol. The maximum absolute atomic E-state index is 13.6. The number of aromatic nitrogens is 1. The molecule has 1 unspecified atom stereocenters. The van der Waals surface area contributed by atoms with Crippen molar-refractivity contribution in [3.8, 4) is 11.3 Å². The molecule has 3 nitrogen and oxygen atoms in total. The summed E-state index contributed by atoms with van der Waals surface area (Å²) in [6, 6.07) is 4.47. The monoisotopic (exact) mass is 254 g/mol. The smallest absolute Gasteiger partial charge is 0.211 e. The van der Waals surface area contributed by atoms with E-state index in [9.17, 15) is 4.39 Å². The molecule has 2 aromatic rings. The van der Waals surface area contributed by atoms with Gasteiger partial charge in [-0.25, -0.2) is 9.37 Å². The van der Waals surface area contributed by atoms with Crippen molar-refractivity contribution in [1.82, 2.24) is 10.3 Å². The summed E-state index contributed by atoms with van der Waals surface area (Å²) in [7, 11) is 1.80. The summed E-state index contributed by atoms with van der Waals surface area (Å²) in [5.41, 5.74) is 0.246. The van der Waals surface area contributed by atoms with Crippen LogP contribution in [0, 0.1) is 5.82 Å². The minimum Gasteiger partial charge on any atom is -0.439 e. The second-order valence-electron chi connectivity index (χ2n) is 3.67. The Bertz CT molecular complexity index is 507. The van der Waals surface area contributed by atoms with Crippen LogP contribution in [0.2, 0.25) is 5.02 Å². The summed E-state index contributed by atoms with van der Waals surface area (Å²) in [5.74, 6) is 0.421. The SMILES string of the molecule is CNC(C)c1ncc(-c2c(F)cccc2Cl)o1. The number of halogens is 2. The zero-order chi connectivity index (χ0) is 12.4. The quantitative estimate of drug-likeness (QED) is 0.912. The molecule has 0 radical (unpaired) electrons. The Balaban J connectivity index is 2.44. The average Bonchev–Trinajstić information content (AvgIpc) is 2.77. The zero-order valence-corrected chi connectivity index (χ0v) is 10.3. The van der Waals surface area contributed by atoms with Crippen LogP contribution in [0.15, 0.2) is 28.8 Å². The summed E-state index contributed by atoms with van der Waals surface area (Å²) in [5, 5.41) is 3.30. The number of benzene rings is 1. The van der Waals surface area contributed by atoms with Crippen molar-refractivity contribution < 1.29 is 8.81 Å². The molecule has 90 valence electrons. The fourth-order valence-electron chi connectivity index (χ4n) is 1.46. The van der Waals surface area contributed by atoms with Gasteiger partial charge in [-0.1, -0.05) is 17.7 Å². The summed E-state index contributed by atoms with van der Waals surface area (Å²) >= 11 is 5.94. The lowest BCUT2D eigenvalue weighted by Crippen LogP contribution is -2.12. The lowest BCUT2D eigenvalue weighted by atomic mass is 10.2. The molecule has 0 saturated carbocycles. The highest BCUT2D eigenvalue weighted by atomic mass is 35.5. The fourth-order valence-corrected chi connectivity index (χ4v) is 1.72. The number of hydrogen-bond acceptors (Lipinski definition) is 3. The molecule has 1 aromatic carbocycles. The number of rotatable bonds is 3. The molecule has 0 aliphatic heterocycles. The van der Waals surface area contributed by atoms with Crippen LogP contribution in [-0.2, 0) is 0 Å². The van der Waals surface area contributed by atoms with E-state index in [1.165, 1.54) is 12.3 Å². The lowest BCUT2D eigenvalue weighted by Gasteiger charge is -2.04. The van der Waals surface area contributed by atoms with Gasteiger partial charge in [0.05, 0.1) is 22.8 Å². The van der Waals surface area contributed by atoms with Gasteiger partial charge in [-0.3, -0.25) is 0 Å². The Labute approximate surface area is 104 Å². The van der Waals surface area contributed by atoms with Crippen LogP contribution in [-0.4, -0.2) is 12.0 Å². The molecule has 0 saturated heterocycles. The Morgan fingerprint density at radius 1 is 1.47 bits per heavy atom. The minimum absolute atomic E-state index is 0.0331. The number of nitrogens with zero attached hydrogens (tertiary/aromatic N) is 1. The molecule has 0 amide bonds. The van der Waals surface area contributed by atoms with Crippen molar-refractivity contribution in [2.75, 3.05) is 7.05 Å². The van der Waals surface area contributed by atoms with Crippen molar-refractivity contribution in [1.29, 1.82) is 0 Å². The highest BCUT2D eigenvalue weighted by Gasteiger charge is 2.16. The van der Waals surface area contributed by atoms with Gasteiger partial charge < -0.3 is 9.73 Å². The molecule has 0 spiro atoms. The summed E-state index contributed by atoms with van der Waals surface area (Å²) < 4.78 is 19.1. The molecule has 2 rings (SSSR count). The van der Waals surface area contributed by atoms with Gasteiger partial charge in [0.15, 0.2) is 5.76 Å². The number of nitrogens with one attached hydrogen (secondary N) is 1. The molecule has 5 heteroatoms. The predicted molar refractivity (Wildman–Crippen MR) is 64.4 cm³/mol. The lowest BCUT2D eigenvalue weighted by molar-refractivity contribution is 0.440. The topological polar surface area (TPSA) is 38.1 Å². The first-order chi connectivity index (χ1) is 8.13. The van der Waals surface area contributed by atoms with E-state index >= 15 is 0 Å². The second kappa shape index (κ2) is 4.85. The molecule has 0 aliphatic carbocycles. The number of hydrogen-bond donors (Lipinski definition) is 1. The summed E-state index contributed by atoms with van der Waals surface area (Å²) in [6.45, 7) is 1.90. The van der Waals surface area contributed by atoms with Crippen LogP contribution in [0.5, 0.6) is 0 Å². The third-order valence-corrected chi connectivity index (χ3v) is 2.85. The third-order valence-electron chi connectivity index (χ3n) is 2.54. The predicted octanol–water partition coefficient (Wildman–Crippen LogP) is 3.41. The van der Waals surface area contributed by atoms with Crippen molar-refractivity contribution >= 4 is 11.6 Å². The molecule has 1 N–H and O–H groups in total. The fraction of sp³-hybridized carbons (Fsp3) is 0.250. The van der Waals surface area contributed by atoms with Gasteiger partial charge in [-0.05, 0) is 26.1 Å². The van der Waals surface area contributed by atoms with Crippen LogP contribution in [0.1, 0.15) is 18.9 Å². The Morgan fingerprint density at radius 2 is 2.24 bits per heavy atom. The van der Waals surface area contributed by atoms with E-state index in [-0.39, 0.29) is 11.6 Å². The van der Waals surface area contributed by atoms with E-state index in [0.29, 0.717) is 16.7 Å². The molecule has 0 fully saturated rings. The van der Waals surface area contributed by atoms with Crippen LogP contribution < -0.4 is 5.32 Å². The van der Waals surface area contributed by atoms with Gasteiger partial charge in [-0.15, -0.1) is 0 Å². The van der Waals surface area contributed by atoms with E-state index in [0.717, 1.165) is 0 Å².